The van der Waals surface area contributed by atoms with Crippen LogP contribution in [0, 0.1) is 5.41 Å². The molecular weight excluding hydrogens is 296 g/mol. The molecule has 2 aromatic rings. The van der Waals surface area contributed by atoms with Crippen LogP contribution in [0.3, 0.4) is 0 Å². The zero-order valence-electron chi connectivity index (χ0n) is 12.5. The predicted octanol–water partition coefficient (Wildman–Crippen LogP) is 1.83. The lowest BCUT2D eigenvalue weighted by Crippen LogP contribution is -2.06. The molecule has 0 radical (unpaired) electrons. The first-order chi connectivity index (χ1) is 11.2. The van der Waals surface area contributed by atoms with Crippen molar-refractivity contribution in [2.24, 2.45) is 5.73 Å². The second-order valence-electron chi connectivity index (χ2n) is 4.49. The van der Waals surface area contributed by atoms with Crippen molar-refractivity contribution < 1.29 is 14.3 Å². The second-order valence-corrected chi connectivity index (χ2v) is 4.49. The zero-order valence-corrected chi connectivity index (χ0v) is 12.5. The summed E-state index contributed by atoms with van der Waals surface area (Å²) in [6.45, 7) is 0.157. The summed E-state index contributed by atoms with van der Waals surface area (Å²) in [7, 11) is 1.47. The number of allylic oxidation sites excluding steroid dienone is 1. The number of pyridine rings is 2. The molecule has 0 aliphatic carbocycles. The quantitative estimate of drug-likeness (QED) is 0.596. The largest absolute Gasteiger partial charge is 0.486 e. The van der Waals surface area contributed by atoms with Gasteiger partial charge in [-0.1, -0.05) is 0 Å². The van der Waals surface area contributed by atoms with E-state index in [0.29, 0.717) is 29.2 Å². The van der Waals surface area contributed by atoms with Crippen LogP contribution in [0.15, 0.2) is 36.8 Å². The molecule has 7 heteroatoms. The topological polar surface area (TPSA) is 111 Å². The Balaban J connectivity index is 2.23. The molecular formula is C16H16N4O3. The van der Waals surface area contributed by atoms with Gasteiger partial charge in [0.05, 0.1) is 18.9 Å². The normalized spacial score (nSPS) is 10.9. The molecule has 2 aromatic heterocycles. The Hall–Kier alpha value is -3.22. The van der Waals surface area contributed by atoms with Crippen LogP contribution in [0.1, 0.15) is 21.5 Å². The Bertz CT molecular complexity index is 744. The summed E-state index contributed by atoms with van der Waals surface area (Å²) < 4.78 is 10.6. The molecule has 0 saturated carbocycles. The summed E-state index contributed by atoms with van der Waals surface area (Å²) in [5, 5.41) is 7.09. The van der Waals surface area contributed by atoms with E-state index in [-0.39, 0.29) is 6.61 Å². The fourth-order valence-corrected chi connectivity index (χ4v) is 1.92. The molecule has 118 valence electrons. The molecule has 0 aliphatic rings. The molecule has 0 atom stereocenters. The zero-order chi connectivity index (χ0) is 16.7. The van der Waals surface area contributed by atoms with E-state index in [1.807, 2.05) is 0 Å². The van der Waals surface area contributed by atoms with Crippen molar-refractivity contribution >= 4 is 18.2 Å². The molecule has 0 unspecified atom stereocenters. The molecule has 0 spiro atoms. The number of aromatic nitrogens is 2. The lowest BCUT2D eigenvalue weighted by Gasteiger charge is -2.12. The molecule has 0 aromatic carbocycles. The predicted molar refractivity (Wildman–Crippen MR) is 85.7 cm³/mol. The molecule has 0 amide bonds. The Morgan fingerprint density at radius 3 is 2.96 bits per heavy atom. The van der Waals surface area contributed by atoms with Gasteiger partial charge in [-0.05, 0) is 12.1 Å². The summed E-state index contributed by atoms with van der Waals surface area (Å²) in [6.07, 6.45) is 7.91. The van der Waals surface area contributed by atoms with Crippen molar-refractivity contribution in [3.63, 3.8) is 0 Å². The minimum atomic E-state index is 0.157. The van der Waals surface area contributed by atoms with Gasteiger partial charge >= 0.3 is 0 Å². The monoisotopic (exact) mass is 312 g/mol. The van der Waals surface area contributed by atoms with E-state index in [0.717, 1.165) is 17.3 Å². The van der Waals surface area contributed by atoms with Crippen LogP contribution in [-0.2, 0) is 6.61 Å². The Kier molecular flexibility index (Phi) is 5.40. The van der Waals surface area contributed by atoms with Crippen LogP contribution in [0.4, 0.5) is 0 Å². The third kappa shape index (κ3) is 3.91. The number of aldehydes is 1. The first kappa shape index (κ1) is 16.2. The maximum atomic E-state index is 11.1. The van der Waals surface area contributed by atoms with Gasteiger partial charge < -0.3 is 20.6 Å². The standard InChI is InChI=1S/C16H16N4O3/c1-22-16-6-11(9-21)15(8-20-16)23-10-12-7-19-5-3-13(12)14(18)2-4-17/h2-9,17H,10,18H2,1H3/b14-2-,17-4?. The van der Waals surface area contributed by atoms with Crippen LogP contribution < -0.4 is 15.2 Å². The van der Waals surface area contributed by atoms with E-state index in [2.05, 4.69) is 9.97 Å². The fourth-order valence-electron chi connectivity index (χ4n) is 1.92. The van der Waals surface area contributed by atoms with E-state index in [1.54, 1.807) is 18.5 Å². The van der Waals surface area contributed by atoms with Gasteiger partial charge in [0.15, 0.2) is 6.29 Å². The number of methoxy groups -OCH3 is 1. The van der Waals surface area contributed by atoms with E-state index < -0.39 is 0 Å². The van der Waals surface area contributed by atoms with Gasteiger partial charge in [0.1, 0.15) is 12.4 Å². The van der Waals surface area contributed by atoms with Crippen molar-refractivity contribution in [1.29, 1.82) is 5.41 Å². The van der Waals surface area contributed by atoms with Crippen LogP contribution in [-0.4, -0.2) is 29.6 Å². The summed E-state index contributed by atoms with van der Waals surface area (Å²) >= 11 is 0. The minimum Gasteiger partial charge on any atom is -0.486 e. The highest BCUT2D eigenvalue weighted by Gasteiger charge is 2.09. The smallest absolute Gasteiger partial charge is 0.213 e. The highest BCUT2D eigenvalue weighted by molar-refractivity contribution is 5.82. The molecule has 0 aliphatic heterocycles. The number of rotatable bonds is 7. The average Bonchev–Trinajstić information content (AvgIpc) is 2.60. The third-order valence-electron chi connectivity index (χ3n) is 3.07. The van der Waals surface area contributed by atoms with Gasteiger partial charge in [0.2, 0.25) is 5.88 Å². The fraction of sp³-hybridized carbons (Fsp3) is 0.125. The molecule has 0 fully saturated rings. The molecule has 2 rings (SSSR count). The van der Waals surface area contributed by atoms with Crippen molar-refractivity contribution in [3.8, 4) is 11.6 Å². The number of carbonyl (C=O) groups is 1. The number of hydrogen-bond donors (Lipinski definition) is 2. The Morgan fingerprint density at radius 2 is 2.26 bits per heavy atom. The minimum absolute atomic E-state index is 0.157. The maximum absolute atomic E-state index is 11.1. The third-order valence-corrected chi connectivity index (χ3v) is 3.07. The van der Waals surface area contributed by atoms with Gasteiger partial charge in [-0.2, -0.15) is 0 Å². The first-order valence-electron chi connectivity index (χ1n) is 6.71. The SMILES string of the molecule is COc1cc(C=O)c(OCc2cnccc2/C(N)=C/C=N)cn1. The molecule has 3 N–H and O–H groups in total. The number of ether oxygens (including phenoxy) is 2. The van der Waals surface area contributed by atoms with Gasteiger partial charge in [-0.25, -0.2) is 4.98 Å². The van der Waals surface area contributed by atoms with Crippen molar-refractivity contribution in [2.75, 3.05) is 7.11 Å². The first-order valence-corrected chi connectivity index (χ1v) is 6.71. The Morgan fingerprint density at radius 1 is 1.43 bits per heavy atom. The second kappa shape index (κ2) is 7.69. The maximum Gasteiger partial charge on any atom is 0.213 e. The van der Waals surface area contributed by atoms with E-state index >= 15 is 0 Å². The van der Waals surface area contributed by atoms with Crippen LogP contribution in [0.25, 0.3) is 5.70 Å². The molecule has 2 heterocycles. The van der Waals surface area contributed by atoms with Gasteiger partial charge in [0, 0.05) is 41.5 Å². The number of nitrogens with zero attached hydrogens (tertiary/aromatic N) is 2. The Labute approximate surface area is 133 Å². The highest BCUT2D eigenvalue weighted by atomic mass is 16.5. The number of carbonyl (C=O) groups excluding carboxylic acids is 1. The van der Waals surface area contributed by atoms with Gasteiger partial charge in [0.25, 0.3) is 0 Å². The van der Waals surface area contributed by atoms with Gasteiger partial charge in [-0.15, -0.1) is 0 Å². The van der Waals surface area contributed by atoms with E-state index in [1.165, 1.54) is 25.4 Å². The lowest BCUT2D eigenvalue weighted by atomic mass is 10.1. The number of nitrogens with two attached hydrogens (primary N) is 1. The van der Waals surface area contributed by atoms with Crippen molar-refractivity contribution in [2.45, 2.75) is 6.61 Å². The van der Waals surface area contributed by atoms with Crippen LogP contribution >= 0.6 is 0 Å². The van der Waals surface area contributed by atoms with E-state index in [9.17, 15) is 4.79 Å². The molecule has 0 saturated heterocycles. The lowest BCUT2D eigenvalue weighted by molar-refractivity contribution is 0.111. The molecule has 0 bridgehead atoms. The number of hydrogen-bond acceptors (Lipinski definition) is 7. The summed E-state index contributed by atoms with van der Waals surface area (Å²) in [4.78, 5) is 19.2. The van der Waals surface area contributed by atoms with Gasteiger partial charge in [-0.3, -0.25) is 9.78 Å². The van der Waals surface area contributed by atoms with Crippen molar-refractivity contribution in [1.82, 2.24) is 9.97 Å². The summed E-state index contributed by atoms with van der Waals surface area (Å²) in [5.41, 5.74) is 8.14. The summed E-state index contributed by atoms with van der Waals surface area (Å²) in [6, 6.07) is 3.23. The van der Waals surface area contributed by atoms with Crippen LogP contribution in [0.5, 0.6) is 11.6 Å². The molecule has 23 heavy (non-hydrogen) atoms. The molecule has 7 nitrogen and oxygen atoms in total. The van der Waals surface area contributed by atoms with E-state index in [4.69, 9.17) is 20.6 Å². The summed E-state index contributed by atoms with van der Waals surface area (Å²) in [5.74, 6) is 0.671. The van der Waals surface area contributed by atoms with Crippen LogP contribution in [0.2, 0.25) is 0 Å². The highest BCUT2D eigenvalue weighted by Crippen LogP contribution is 2.22. The number of nitrogens with one attached hydrogen (secondary N) is 1. The average molecular weight is 312 g/mol. The van der Waals surface area contributed by atoms with Crippen molar-refractivity contribution in [3.05, 3.63) is 53.5 Å².